The summed E-state index contributed by atoms with van der Waals surface area (Å²) in [7, 11) is 1.44. The molecule has 0 aromatic carbocycles. The first-order chi connectivity index (χ1) is 10.2. The molecule has 0 bridgehead atoms. The summed E-state index contributed by atoms with van der Waals surface area (Å²) in [5, 5.41) is 10.00. The van der Waals surface area contributed by atoms with Gasteiger partial charge in [-0.2, -0.15) is 0 Å². The van der Waals surface area contributed by atoms with Crippen LogP contribution < -0.4 is 0 Å². The van der Waals surface area contributed by atoms with Crippen LogP contribution in [0.5, 0.6) is 0 Å². The summed E-state index contributed by atoms with van der Waals surface area (Å²) in [5.41, 5.74) is 0. The Balaban J connectivity index is 1.85. The minimum atomic E-state index is -0.206. The Morgan fingerprint density at radius 1 is 1.14 bits per heavy atom. The summed E-state index contributed by atoms with van der Waals surface area (Å²) in [6, 6.07) is 0. The maximum absolute atomic E-state index is 10.9. The van der Waals surface area contributed by atoms with Crippen molar-refractivity contribution in [3.63, 3.8) is 0 Å². The van der Waals surface area contributed by atoms with Gasteiger partial charge in [0.15, 0.2) is 0 Å². The molecule has 1 atom stereocenters. The molecule has 124 valence electrons. The molecule has 21 heavy (non-hydrogen) atoms. The second-order valence-electron chi connectivity index (χ2n) is 5.80. The van der Waals surface area contributed by atoms with Crippen LogP contribution in [0.2, 0.25) is 0 Å². The summed E-state index contributed by atoms with van der Waals surface area (Å²) >= 11 is 0. The van der Waals surface area contributed by atoms with Gasteiger partial charge >= 0.3 is 5.97 Å². The molecular formula is C16H31NO4. The summed E-state index contributed by atoms with van der Waals surface area (Å²) in [6.07, 6.45) is 7.83. The minimum absolute atomic E-state index is 0.110. The average molecular weight is 301 g/mol. The number of nitrogens with zero attached hydrogens (tertiary/aromatic N) is 1. The van der Waals surface area contributed by atoms with Crippen molar-refractivity contribution in [3.05, 3.63) is 0 Å². The second kappa shape index (κ2) is 12.0. The van der Waals surface area contributed by atoms with E-state index in [4.69, 9.17) is 4.74 Å². The lowest BCUT2D eigenvalue weighted by Crippen LogP contribution is -2.40. The summed E-state index contributed by atoms with van der Waals surface area (Å²) in [5.74, 6) is -0.110. The highest BCUT2D eigenvalue weighted by Crippen LogP contribution is 2.11. The molecule has 1 fully saturated rings. The molecule has 1 heterocycles. The van der Waals surface area contributed by atoms with Crippen molar-refractivity contribution >= 4 is 5.97 Å². The highest BCUT2D eigenvalue weighted by atomic mass is 16.5. The van der Waals surface area contributed by atoms with Gasteiger partial charge in [0.25, 0.3) is 0 Å². The van der Waals surface area contributed by atoms with E-state index < -0.39 is 0 Å². The van der Waals surface area contributed by atoms with E-state index in [0.29, 0.717) is 6.42 Å². The molecule has 5 heteroatoms. The number of β-amino-alcohol motifs (C(OH)–C–C–N with tert-alkyl or cyclic N) is 1. The van der Waals surface area contributed by atoms with Gasteiger partial charge in [-0.15, -0.1) is 0 Å². The quantitative estimate of drug-likeness (QED) is 0.467. The fourth-order valence-corrected chi connectivity index (χ4v) is 2.63. The zero-order chi connectivity index (χ0) is 15.3. The topological polar surface area (TPSA) is 59.0 Å². The normalized spacial score (nSPS) is 17.6. The Hall–Kier alpha value is -0.650. The van der Waals surface area contributed by atoms with Gasteiger partial charge in [-0.1, -0.05) is 32.1 Å². The molecule has 0 aromatic heterocycles. The summed E-state index contributed by atoms with van der Waals surface area (Å²) in [6.45, 7) is 4.24. The van der Waals surface area contributed by atoms with Gasteiger partial charge < -0.3 is 14.6 Å². The number of methoxy groups -OCH3 is 1. The number of hydrogen-bond acceptors (Lipinski definition) is 5. The molecule has 5 nitrogen and oxygen atoms in total. The van der Waals surface area contributed by atoms with Crippen LogP contribution in [0, 0.1) is 0 Å². The predicted molar refractivity (Wildman–Crippen MR) is 82.2 cm³/mol. The molecule has 0 saturated carbocycles. The van der Waals surface area contributed by atoms with E-state index in [9.17, 15) is 9.90 Å². The standard InChI is InChI=1S/C16H31NO4/c1-20-16(19)9-7-5-3-2-4-6-8-15(18)14-17-10-12-21-13-11-17/h15,18H,2-14H2,1H3/t15-/m1/s1. The van der Waals surface area contributed by atoms with Crippen LogP contribution in [-0.2, 0) is 14.3 Å². The van der Waals surface area contributed by atoms with Crippen LogP contribution in [0.15, 0.2) is 0 Å². The molecule has 0 unspecified atom stereocenters. The molecular weight excluding hydrogens is 270 g/mol. The van der Waals surface area contributed by atoms with Crippen molar-refractivity contribution in [3.8, 4) is 0 Å². The van der Waals surface area contributed by atoms with Crippen LogP contribution >= 0.6 is 0 Å². The Bertz CT molecular complexity index is 267. The van der Waals surface area contributed by atoms with E-state index >= 15 is 0 Å². The third-order valence-electron chi connectivity index (χ3n) is 3.97. The summed E-state index contributed by atoms with van der Waals surface area (Å²) < 4.78 is 9.90. The predicted octanol–water partition coefficient (Wildman–Crippen LogP) is 1.97. The number of aliphatic hydroxyl groups is 1. The molecule has 1 aliphatic heterocycles. The number of carbonyl (C=O) groups is 1. The van der Waals surface area contributed by atoms with E-state index in [0.717, 1.165) is 65.0 Å². The van der Waals surface area contributed by atoms with Gasteiger partial charge in [0.05, 0.1) is 26.4 Å². The van der Waals surface area contributed by atoms with Crippen molar-refractivity contribution in [1.29, 1.82) is 0 Å². The fraction of sp³-hybridized carbons (Fsp3) is 0.938. The summed E-state index contributed by atoms with van der Waals surface area (Å²) in [4.78, 5) is 13.2. The molecule has 0 aromatic rings. The van der Waals surface area contributed by atoms with Gasteiger partial charge in [0.2, 0.25) is 0 Å². The first-order valence-electron chi connectivity index (χ1n) is 8.27. The number of hydrogen-bond donors (Lipinski definition) is 1. The average Bonchev–Trinajstić information content (AvgIpc) is 2.50. The Morgan fingerprint density at radius 2 is 1.76 bits per heavy atom. The molecule has 1 saturated heterocycles. The number of unbranched alkanes of at least 4 members (excludes halogenated alkanes) is 5. The lowest BCUT2D eigenvalue weighted by molar-refractivity contribution is -0.140. The minimum Gasteiger partial charge on any atom is -0.469 e. The maximum Gasteiger partial charge on any atom is 0.305 e. The lowest BCUT2D eigenvalue weighted by atomic mass is 10.1. The van der Waals surface area contributed by atoms with E-state index in [1.807, 2.05) is 0 Å². The second-order valence-corrected chi connectivity index (χ2v) is 5.80. The highest BCUT2D eigenvalue weighted by molar-refractivity contribution is 5.68. The zero-order valence-corrected chi connectivity index (χ0v) is 13.4. The molecule has 0 spiro atoms. The van der Waals surface area contributed by atoms with Crippen LogP contribution in [0.4, 0.5) is 0 Å². The largest absolute Gasteiger partial charge is 0.469 e. The molecule has 1 rings (SSSR count). The SMILES string of the molecule is COC(=O)CCCCCCCC[C@@H](O)CN1CCOCC1. The number of ether oxygens (including phenoxy) is 2. The van der Waals surface area contributed by atoms with Gasteiger partial charge in [0, 0.05) is 26.1 Å². The van der Waals surface area contributed by atoms with E-state index in [2.05, 4.69) is 9.64 Å². The van der Waals surface area contributed by atoms with Crippen LogP contribution in [-0.4, -0.2) is 62.0 Å². The number of aliphatic hydroxyl groups excluding tert-OH is 1. The molecule has 0 aliphatic carbocycles. The van der Waals surface area contributed by atoms with E-state index in [-0.39, 0.29) is 12.1 Å². The third kappa shape index (κ3) is 9.82. The van der Waals surface area contributed by atoms with Crippen molar-refractivity contribution < 1.29 is 19.4 Å². The maximum atomic E-state index is 10.9. The number of esters is 1. The molecule has 0 radical (unpaired) electrons. The number of rotatable bonds is 11. The molecule has 1 N–H and O–H groups in total. The third-order valence-corrected chi connectivity index (χ3v) is 3.97. The Morgan fingerprint density at radius 3 is 2.43 bits per heavy atom. The molecule has 0 amide bonds. The van der Waals surface area contributed by atoms with E-state index in [1.165, 1.54) is 20.0 Å². The molecule has 1 aliphatic rings. The van der Waals surface area contributed by atoms with Crippen LogP contribution in [0.25, 0.3) is 0 Å². The van der Waals surface area contributed by atoms with Crippen LogP contribution in [0.1, 0.15) is 51.4 Å². The Labute approximate surface area is 128 Å². The number of carbonyl (C=O) groups excluding carboxylic acids is 1. The lowest BCUT2D eigenvalue weighted by Gasteiger charge is -2.28. The number of morpholine rings is 1. The smallest absolute Gasteiger partial charge is 0.305 e. The van der Waals surface area contributed by atoms with Gasteiger partial charge in [-0.25, -0.2) is 0 Å². The van der Waals surface area contributed by atoms with Gasteiger partial charge in [-0.3, -0.25) is 9.69 Å². The highest BCUT2D eigenvalue weighted by Gasteiger charge is 2.14. The van der Waals surface area contributed by atoms with Gasteiger partial charge in [-0.05, 0) is 12.8 Å². The zero-order valence-electron chi connectivity index (χ0n) is 13.4. The van der Waals surface area contributed by atoms with E-state index in [1.54, 1.807) is 0 Å². The first-order valence-corrected chi connectivity index (χ1v) is 8.27. The van der Waals surface area contributed by atoms with Gasteiger partial charge in [0.1, 0.15) is 0 Å². The Kier molecular flexibility index (Phi) is 10.5. The van der Waals surface area contributed by atoms with Crippen molar-refractivity contribution in [2.45, 2.75) is 57.5 Å². The fourth-order valence-electron chi connectivity index (χ4n) is 2.63. The van der Waals surface area contributed by atoms with Crippen LogP contribution in [0.3, 0.4) is 0 Å². The van der Waals surface area contributed by atoms with Crippen molar-refractivity contribution in [2.75, 3.05) is 40.0 Å². The van der Waals surface area contributed by atoms with Crippen molar-refractivity contribution in [1.82, 2.24) is 4.90 Å². The monoisotopic (exact) mass is 301 g/mol. The van der Waals surface area contributed by atoms with Crippen molar-refractivity contribution in [2.24, 2.45) is 0 Å². The first kappa shape index (κ1) is 18.4.